The minimum absolute atomic E-state index is 0.425. The summed E-state index contributed by atoms with van der Waals surface area (Å²) in [6.45, 7) is 4.50. The van der Waals surface area contributed by atoms with E-state index in [0.717, 1.165) is 18.4 Å². The van der Waals surface area contributed by atoms with Crippen LogP contribution in [0.4, 0.5) is 0 Å². The number of hydrogen-bond acceptors (Lipinski definition) is 4. The van der Waals surface area contributed by atoms with E-state index >= 15 is 0 Å². The fraction of sp³-hybridized carbons (Fsp3) is 0.789. The van der Waals surface area contributed by atoms with Crippen molar-refractivity contribution in [2.45, 2.75) is 84.0 Å². The fourth-order valence-corrected chi connectivity index (χ4v) is 3.11. The molecular formula is C19H34N2O2. The van der Waals surface area contributed by atoms with Crippen LogP contribution >= 0.6 is 0 Å². The molecule has 0 bridgehead atoms. The van der Waals surface area contributed by atoms with Gasteiger partial charge in [-0.05, 0) is 18.8 Å². The Labute approximate surface area is 142 Å². The van der Waals surface area contributed by atoms with Gasteiger partial charge in [0.2, 0.25) is 11.8 Å². The largest absolute Gasteiger partial charge is 0.481 e. The molecule has 0 amide bonds. The molecule has 0 aromatic carbocycles. The van der Waals surface area contributed by atoms with E-state index in [1.165, 1.54) is 57.7 Å². The third kappa shape index (κ3) is 6.76. The zero-order valence-electron chi connectivity index (χ0n) is 15.4. The van der Waals surface area contributed by atoms with Crippen LogP contribution in [0.5, 0.6) is 11.8 Å². The second-order valence-corrected chi connectivity index (χ2v) is 6.20. The van der Waals surface area contributed by atoms with Crippen molar-refractivity contribution in [2.24, 2.45) is 0 Å². The molecule has 23 heavy (non-hydrogen) atoms. The third-order valence-electron chi connectivity index (χ3n) is 4.42. The van der Waals surface area contributed by atoms with E-state index in [0.29, 0.717) is 17.7 Å². The van der Waals surface area contributed by atoms with Gasteiger partial charge in [0.25, 0.3) is 0 Å². The molecule has 0 aliphatic heterocycles. The number of nitrogens with zero attached hydrogens (tertiary/aromatic N) is 2. The summed E-state index contributed by atoms with van der Waals surface area (Å²) in [4.78, 5) is 8.60. The first-order valence-electron chi connectivity index (χ1n) is 9.21. The fourth-order valence-electron chi connectivity index (χ4n) is 3.11. The first kappa shape index (κ1) is 19.7. The lowest BCUT2D eigenvalue weighted by Crippen LogP contribution is -2.08. The average Bonchev–Trinajstić information content (AvgIpc) is 2.59. The lowest BCUT2D eigenvalue weighted by atomic mass is 9.89. The average molecular weight is 322 g/mol. The topological polar surface area (TPSA) is 44.2 Å². The van der Waals surface area contributed by atoms with Crippen LogP contribution in [0.3, 0.4) is 0 Å². The van der Waals surface area contributed by atoms with Crippen molar-refractivity contribution >= 4 is 0 Å². The zero-order chi connectivity index (χ0) is 16.9. The summed E-state index contributed by atoms with van der Waals surface area (Å²) < 4.78 is 11.0. The quantitative estimate of drug-likeness (QED) is 0.449. The highest BCUT2D eigenvalue weighted by atomic mass is 16.5. The van der Waals surface area contributed by atoms with Gasteiger partial charge in [-0.2, -0.15) is 0 Å². The molecular weight excluding hydrogens is 288 g/mol. The van der Waals surface area contributed by atoms with Gasteiger partial charge in [0.15, 0.2) is 0 Å². The van der Waals surface area contributed by atoms with Crippen molar-refractivity contribution in [3.8, 4) is 11.8 Å². The summed E-state index contributed by atoms with van der Waals surface area (Å²) in [5.74, 6) is 1.77. The van der Waals surface area contributed by atoms with Crippen LogP contribution in [0.25, 0.3) is 0 Å². The monoisotopic (exact) mass is 322 g/mol. The molecule has 0 spiro atoms. The number of rotatable bonds is 13. The molecule has 4 nitrogen and oxygen atoms in total. The number of unbranched alkanes of at least 4 members (excludes halogenated alkanes) is 6. The lowest BCUT2D eigenvalue weighted by molar-refractivity contribution is 0.347. The summed E-state index contributed by atoms with van der Waals surface area (Å²) in [6, 6.07) is 0. The van der Waals surface area contributed by atoms with Crippen LogP contribution < -0.4 is 9.47 Å². The summed E-state index contributed by atoms with van der Waals surface area (Å²) in [6.07, 6.45) is 14.1. The SMILES string of the molecule is CCCCCCC[C@@H](CCCCC)c1c(OC)ncnc1OC. The first-order chi connectivity index (χ1) is 11.3. The van der Waals surface area contributed by atoms with Gasteiger partial charge in [-0.1, -0.05) is 65.2 Å². The van der Waals surface area contributed by atoms with Crippen LogP contribution in [0.1, 0.15) is 89.5 Å². The Morgan fingerprint density at radius 2 is 1.26 bits per heavy atom. The molecule has 0 saturated heterocycles. The minimum Gasteiger partial charge on any atom is -0.481 e. The van der Waals surface area contributed by atoms with E-state index in [9.17, 15) is 0 Å². The Hall–Kier alpha value is -1.32. The predicted molar refractivity (Wildman–Crippen MR) is 95.4 cm³/mol. The van der Waals surface area contributed by atoms with E-state index in [-0.39, 0.29) is 0 Å². The number of aromatic nitrogens is 2. The zero-order valence-corrected chi connectivity index (χ0v) is 15.4. The van der Waals surface area contributed by atoms with Crippen molar-refractivity contribution in [1.29, 1.82) is 0 Å². The smallest absolute Gasteiger partial charge is 0.223 e. The van der Waals surface area contributed by atoms with Crippen molar-refractivity contribution in [3.63, 3.8) is 0 Å². The first-order valence-corrected chi connectivity index (χ1v) is 9.21. The lowest BCUT2D eigenvalue weighted by Gasteiger charge is -2.20. The highest BCUT2D eigenvalue weighted by Gasteiger charge is 2.22. The highest BCUT2D eigenvalue weighted by Crippen LogP contribution is 2.38. The predicted octanol–water partition coefficient (Wildman–Crippen LogP) is 5.52. The van der Waals surface area contributed by atoms with Crippen molar-refractivity contribution in [3.05, 3.63) is 11.9 Å². The second-order valence-electron chi connectivity index (χ2n) is 6.20. The van der Waals surface area contributed by atoms with Crippen molar-refractivity contribution in [2.75, 3.05) is 14.2 Å². The van der Waals surface area contributed by atoms with E-state index in [1.807, 2.05) is 0 Å². The number of ether oxygens (including phenoxy) is 2. The molecule has 0 unspecified atom stereocenters. The summed E-state index contributed by atoms with van der Waals surface area (Å²) in [7, 11) is 3.35. The summed E-state index contributed by atoms with van der Waals surface area (Å²) >= 11 is 0. The van der Waals surface area contributed by atoms with Crippen LogP contribution in [0.2, 0.25) is 0 Å². The molecule has 0 radical (unpaired) electrons. The molecule has 0 saturated carbocycles. The summed E-state index contributed by atoms with van der Waals surface area (Å²) in [5.41, 5.74) is 1.06. The van der Waals surface area contributed by atoms with Crippen molar-refractivity contribution in [1.82, 2.24) is 9.97 Å². The Morgan fingerprint density at radius 3 is 1.78 bits per heavy atom. The Balaban J connectivity index is 2.81. The van der Waals surface area contributed by atoms with E-state index in [2.05, 4.69) is 23.8 Å². The molecule has 0 aliphatic rings. The Morgan fingerprint density at radius 1 is 0.783 bits per heavy atom. The molecule has 1 aromatic heterocycles. The molecule has 1 atom stereocenters. The van der Waals surface area contributed by atoms with Crippen LogP contribution in [0.15, 0.2) is 6.33 Å². The van der Waals surface area contributed by atoms with Gasteiger partial charge in [0.1, 0.15) is 6.33 Å². The molecule has 0 fully saturated rings. The Kier molecular flexibility index (Phi) is 10.4. The van der Waals surface area contributed by atoms with E-state index in [4.69, 9.17) is 9.47 Å². The van der Waals surface area contributed by atoms with Crippen LogP contribution in [-0.2, 0) is 0 Å². The van der Waals surface area contributed by atoms with E-state index in [1.54, 1.807) is 14.2 Å². The Bertz CT molecular complexity index is 402. The minimum atomic E-state index is 0.425. The van der Waals surface area contributed by atoms with Gasteiger partial charge in [-0.15, -0.1) is 0 Å². The molecule has 0 aliphatic carbocycles. The molecule has 1 rings (SSSR count). The molecule has 0 N–H and O–H groups in total. The van der Waals surface area contributed by atoms with Gasteiger partial charge in [-0.25, -0.2) is 9.97 Å². The van der Waals surface area contributed by atoms with Gasteiger partial charge in [0, 0.05) is 0 Å². The van der Waals surface area contributed by atoms with Crippen LogP contribution in [0, 0.1) is 0 Å². The molecule has 132 valence electrons. The van der Waals surface area contributed by atoms with Crippen LogP contribution in [-0.4, -0.2) is 24.2 Å². The maximum atomic E-state index is 5.49. The van der Waals surface area contributed by atoms with Gasteiger partial charge in [0.05, 0.1) is 19.8 Å². The normalized spacial score (nSPS) is 12.2. The molecule has 1 heterocycles. The van der Waals surface area contributed by atoms with Gasteiger partial charge < -0.3 is 9.47 Å². The molecule has 4 heteroatoms. The maximum absolute atomic E-state index is 5.49. The van der Waals surface area contributed by atoms with E-state index < -0.39 is 0 Å². The standard InChI is InChI=1S/C19H34N2O2/c1-5-7-9-10-12-14-16(13-11-8-6-2)17-18(22-3)20-15-21-19(17)23-4/h15-16H,5-14H2,1-4H3/t16-/m1/s1. The number of hydrogen-bond donors (Lipinski definition) is 0. The third-order valence-corrected chi connectivity index (χ3v) is 4.42. The van der Waals surface area contributed by atoms with Gasteiger partial charge >= 0.3 is 0 Å². The molecule has 1 aromatic rings. The maximum Gasteiger partial charge on any atom is 0.223 e. The van der Waals surface area contributed by atoms with Gasteiger partial charge in [-0.3, -0.25) is 0 Å². The number of methoxy groups -OCH3 is 2. The highest BCUT2D eigenvalue weighted by molar-refractivity contribution is 5.37. The second kappa shape index (κ2) is 12.1. The summed E-state index contributed by atoms with van der Waals surface area (Å²) in [5, 5.41) is 0. The van der Waals surface area contributed by atoms with Crippen molar-refractivity contribution < 1.29 is 9.47 Å².